The molecule has 1 aromatic rings. The van der Waals surface area contributed by atoms with Crippen molar-refractivity contribution in [1.82, 2.24) is 0 Å². The van der Waals surface area contributed by atoms with Gasteiger partial charge in [-0.1, -0.05) is 0 Å². The van der Waals surface area contributed by atoms with Crippen molar-refractivity contribution in [1.29, 1.82) is 0 Å². The zero-order valence-corrected chi connectivity index (χ0v) is 10.7. The quantitative estimate of drug-likeness (QED) is 0.630. The molecule has 0 saturated carbocycles. The van der Waals surface area contributed by atoms with E-state index in [4.69, 9.17) is 4.74 Å². The SMILES string of the molecule is COCCCN1C(=O)C(=O)c2cc(C(F)(F)F)ccc21. The first-order valence-electron chi connectivity index (χ1n) is 5.92. The fraction of sp³-hybridized carbons (Fsp3) is 0.385. The van der Waals surface area contributed by atoms with Gasteiger partial charge in [0, 0.05) is 20.3 Å². The van der Waals surface area contributed by atoms with Crippen molar-refractivity contribution < 1.29 is 27.5 Å². The molecule has 1 amide bonds. The van der Waals surface area contributed by atoms with Gasteiger partial charge in [0.1, 0.15) is 0 Å². The van der Waals surface area contributed by atoms with Gasteiger partial charge in [-0.3, -0.25) is 9.59 Å². The largest absolute Gasteiger partial charge is 0.416 e. The Kier molecular flexibility index (Phi) is 3.80. The third kappa shape index (κ3) is 2.53. The van der Waals surface area contributed by atoms with Gasteiger partial charge in [0.2, 0.25) is 0 Å². The summed E-state index contributed by atoms with van der Waals surface area (Å²) in [5.74, 6) is -1.70. The number of hydrogen-bond donors (Lipinski definition) is 0. The summed E-state index contributed by atoms with van der Waals surface area (Å²) in [7, 11) is 1.50. The van der Waals surface area contributed by atoms with E-state index in [0.717, 1.165) is 18.2 Å². The van der Waals surface area contributed by atoms with Crippen molar-refractivity contribution in [2.24, 2.45) is 0 Å². The molecule has 0 atom stereocenters. The molecule has 0 N–H and O–H groups in total. The third-order valence-electron chi connectivity index (χ3n) is 3.03. The van der Waals surface area contributed by atoms with Gasteiger partial charge in [-0.25, -0.2) is 0 Å². The zero-order valence-electron chi connectivity index (χ0n) is 10.7. The van der Waals surface area contributed by atoms with Gasteiger partial charge in [0.15, 0.2) is 0 Å². The predicted molar refractivity (Wildman–Crippen MR) is 64.6 cm³/mol. The second kappa shape index (κ2) is 5.24. The van der Waals surface area contributed by atoms with Crippen molar-refractivity contribution >= 4 is 17.4 Å². The minimum atomic E-state index is -4.54. The molecule has 0 radical (unpaired) electrons. The number of benzene rings is 1. The molecule has 0 aliphatic carbocycles. The van der Waals surface area contributed by atoms with Crippen LogP contribution >= 0.6 is 0 Å². The lowest BCUT2D eigenvalue weighted by atomic mass is 10.1. The molecule has 0 aromatic heterocycles. The number of halogens is 3. The molecule has 0 unspecified atom stereocenters. The van der Waals surface area contributed by atoms with E-state index >= 15 is 0 Å². The van der Waals surface area contributed by atoms with Crippen LogP contribution in [0.4, 0.5) is 18.9 Å². The van der Waals surface area contributed by atoms with Gasteiger partial charge in [0.05, 0.1) is 16.8 Å². The summed E-state index contributed by atoms with van der Waals surface area (Å²) in [6.45, 7) is 0.630. The molecule has 0 bridgehead atoms. The second-order valence-corrected chi connectivity index (χ2v) is 4.36. The monoisotopic (exact) mass is 287 g/mol. The molecule has 20 heavy (non-hydrogen) atoms. The number of rotatable bonds is 4. The summed E-state index contributed by atoms with van der Waals surface area (Å²) >= 11 is 0. The van der Waals surface area contributed by atoms with Gasteiger partial charge in [-0.05, 0) is 24.6 Å². The first-order valence-corrected chi connectivity index (χ1v) is 5.92. The topological polar surface area (TPSA) is 46.6 Å². The number of hydrogen-bond acceptors (Lipinski definition) is 3. The molecular weight excluding hydrogens is 275 g/mol. The van der Waals surface area contributed by atoms with Gasteiger partial charge in [-0.15, -0.1) is 0 Å². The number of amides is 1. The number of ketones is 1. The van der Waals surface area contributed by atoms with Crippen LogP contribution in [0.25, 0.3) is 0 Å². The smallest absolute Gasteiger partial charge is 0.385 e. The Labute approximate surface area is 113 Å². The van der Waals surface area contributed by atoms with Gasteiger partial charge in [-0.2, -0.15) is 13.2 Å². The maximum Gasteiger partial charge on any atom is 0.416 e. The van der Waals surface area contributed by atoms with Crippen LogP contribution < -0.4 is 4.90 Å². The molecule has 4 nitrogen and oxygen atoms in total. The lowest BCUT2D eigenvalue weighted by Crippen LogP contribution is -2.31. The number of nitrogens with zero attached hydrogens (tertiary/aromatic N) is 1. The highest BCUT2D eigenvalue weighted by Gasteiger charge is 2.38. The van der Waals surface area contributed by atoms with E-state index in [1.54, 1.807) is 0 Å². The molecule has 0 fully saturated rings. The predicted octanol–water partition coefficient (Wildman–Crippen LogP) is 2.27. The van der Waals surface area contributed by atoms with Gasteiger partial charge >= 0.3 is 6.18 Å². The van der Waals surface area contributed by atoms with Crippen LogP contribution in [0, 0.1) is 0 Å². The van der Waals surface area contributed by atoms with Crippen LogP contribution in [0.1, 0.15) is 22.3 Å². The molecule has 7 heteroatoms. The Balaban J connectivity index is 2.32. The summed E-state index contributed by atoms with van der Waals surface area (Å²) < 4.78 is 42.6. The fourth-order valence-electron chi connectivity index (χ4n) is 2.07. The highest BCUT2D eigenvalue weighted by molar-refractivity contribution is 6.52. The van der Waals surface area contributed by atoms with Gasteiger partial charge < -0.3 is 9.64 Å². The van der Waals surface area contributed by atoms with E-state index in [-0.39, 0.29) is 17.8 Å². The molecular formula is C13H12F3NO3. The van der Waals surface area contributed by atoms with E-state index in [1.165, 1.54) is 12.0 Å². The highest BCUT2D eigenvalue weighted by atomic mass is 19.4. The Morgan fingerprint density at radius 2 is 1.95 bits per heavy atom. The Morgan fingerprint density at radius 3 is 2.55 bits per heavy atom. The number of carbonyl (C=O) groups excluding carboxylic acids is 2. The first-order chi connectivity index (χ1) is 9.36. The van der Waals surface area contributed by atoms with E-state index in [0.29, 0.717) is 13.0 Å². The zero-order chi connectivity index (χ0) is 14.9. The van der Waals surface area contributed by atoms with E-state index in [1.807, 2.05) is 0 Å². The number of carbonyl (C=O) groups is 2. The summed E-state index contributed by atoms with van der Waals surface area (Å²) in [6.07, 6.45) is -4.04. The molecule has 2 rings (SSSR count). The maximum atomic E-state index is 12.6. The number of methoxy groups -OCH3 is 1. The van der Waals surface area contributed by atoms with Crippen LogP contribution in [-0.4, -0.2) is 32.0 Å². The minimum absolute atomic E-state index is 0.192. The fourth-order valence-corrected chi connectivity index (χ4v) is 2.07. The number of Topliss-reactive ketones (excluding diaryl/α,β-unsaturated/α-hetero) is 1. The standard InChI is InChI=1S/C13H12F3NO3/c1-20-6-2-5-17-10-4-3-8(13(14,15)16)7-9(10)11(18)12(17)19/h3-4,7H,2,5-6H2,1H3. The molecule has 0 saturated heterocycles. The number of alkyl halides is 3. The molecule has 108 valence electrons. The number of fused-ring (bicyclic) bond motifs is 1. The van der Waals surface area contributed by atoms with Gasteiger partial charge in [0.25, 0.3) is 11.7 Å². The molecule has 1 aliphatic rings. The summed E-state index contributed by atoms with van der Waals surface area (Å²) in [5, 5.41) is 0. The van der Waals surface area contributed by atoms with Crippen LogP contribution in [0.3, 0.4) is 0 Å². The average Bonchev–Trinajstić information content (AvgIpc) is 2.63. The van der Waals surface area contributed by atoms with E-state index in [9.17, 15) is 22.8 Å². The van der Waals surface area contributed by atoms with Crippen LogP contribution in [-0.2, 0) is 15.7 Å². The summed E-state index contributed by atoms with van der Waals surface area (Å²) in [6, 6.07) is 2.76. The minimum Gasteiger partial charge on any atom is -0.385 e. The number of ether oxygens (including phenoxy) is 1. The van der Waals surface area contributed by atoms with Crippen LogP contribution in [0.5, 0.6) is 0 Å². The number of anilines is 1. The highest BCUT2D eigenvalue weighted by Crippen LogP contribution is 2.36. The molecule has 1 aromatic carbocycles. The van der Waals surface area contributed by atoms with Crippen molar-refractivity contribution in [3.05, 3.63) is 29.3 Å². The van der Waals surface area contributed by atoms with Crippen molar-refractivity contribution in [2.75, 3.05) is 25.2 Å². The third-order valence-corrected chi connectivity index (χ3v) is 3.03. The van der Waals surface area contributed by atoms with Crippen molar-refractivity contribution in [3.8, 4) is 0 Å². The summed E-state index contributed by atoms with van der Waals surface area (Å²) in [5.41, 5.74) is -0.900. The summed E-state index contributed by atoms with van der Waals surface area (Å²) in [4.78, 5) is 24.7. The second-order valence-electron chi connectivity index (χ2n) is 4.36. The Bertz CT molecular complexity index is 554. The van der Waals surface area contributed by atoms with E-state index in [2.05, 4.69) is 0 Å². The molecule has 0 spiro atoms. The normalized spacial score (nSPS) is 14.9. The molecule has 1 aliphatic heterocycles. The lowest BCUT2D eigenvalue weighted by Gasteiger charge is -2.16. The maximum absolute atomic E-state index is 12.6. The van der Waals surface area contributed by atoms with Crippen LogP contribution in [0.2, 0.25) is 0 Å². The molecule has 1 heterocycles. The lowest BCUT2D eigenvalue weighted by molar-refractivity contribution is -0.137. The Morgan fingerprint density at radius 1 is 1.25 bits per heavy atom. The van der Waals surface area contributed by atoms with Crippen molar-refractivity contribution in [3.63, 3.8) is 0 Å². The Hall–Kier alpha value is -1.89. The average molecular weight is 287 g/mol. The van der Waals surface area contributed by atoms with Crippen molar-refractivity contribution in [2.45, 2.75) is 12.6 Å². The first kappa shape index (κ1) is 14.5. The van der Waals surface area contributed by atoms with Crippen LogP contribution in [0.15, 0.2) is 18.2 Å². The van der Waals surface area contributed by atoms with E-state index < -0.39 is 23.4 Å².